The zero-order chi connectivity index (χ0) is 15.7. The third kappa shape index (κ3) is 3.37. The Kier molecular flexibility index (Phi) is 4.89. The number of carbonyl (C=O) groups is 1. The van der Waals surface area contributed by atoms with Crippen molar-refractivity contribution in [3.05, 3.63) is 35.9 Å². The van der Waals surface area contributed by atoms with Crippen LogP contribution in [0.4, 0.5) is 0 Å². The lowest BCUT2D eigenvalue weighted by Gasteiger charge is -2.33. The minimum absolute atomic E-state index is 0.0218. The van der Waals surface area contributed by atoms with Crippen molar-refractivity contribution in [2.24, 2.45) is 5.92 Å². The molecule has 1 aliphatic heterocycles. The summed E-state index contributed by atoms with van der Waals surface area (Å²) in [6.45, 7) is 7.17. The second-order valence-corrected chi connectivity index (χ2v) is 8.05. The third-order valence-electron chi connectivity index (χ3n) is 4.26. The van der Waals surface area contributed by atoms with E-state index in [1.165, 1.54) is 0 Å². The molecule has 21 heavy (non-hydrogen) atoms. The number of amides is 1. The maximum atomic E-state index is 12.8. The first kappa shape index (κ1) is 16.6. The minimum atomic E-state index is -0.866. The molecule has 1 aromatic rings. The lowest BCUT2D eigenvalue weighted by Crippen LogP contribution is -2.44. The molecular formula is C17H23Cl2NO. The zero-order valence-corrected chi connectivity index (χ0v) is 14.4. The van der Waals surface area contributed by atoms with E-state index in [9.17, 15) is 4.79 Å². The van der Waals surface area contributed by atoms with Gasteiger partial charge in [0.1, 0.15) is 4.87 Å². The Bertz CT molecular complexity index is 497. The van der Waals surface area contributed by atoms with Gasteiger partial charge in [0.25, 0.3) is 0 Å². The van der Waals surface area contributed by atoms with Crippen molar-refractivity contribution in [3.8, 4) is 0 Å². The largest absolute Gasteiger partial charge is 0.336 e. The van der Waals surface area contributed by atoms with Gasteiger partial charge >= 0.3 is 0 Å². The molecule has 4 heteroatoms. The number of carbonyl (C=O) groups excluding carboxylic acids is 1. The summed E-state index contributed by atoms with van der Waals surface area (Å²) in [7, 11) is 0. The van der Waals surface area contributed by atoms with Crippen molar-refractivity contribution in [1.82, 2.24) is 4.90 Å². The number of hydrogen-bond donors (Lipinski definition) is 0. The van der Waals surface area contributed by atoms with Gasteiger partial charge in [-0.15, -0.1) is 23.2 Å². The molecule has 0 aliphatic carbocycles. The van der Waals surface area contributed by atoms with Gasteiger partial charge in [-0.2, -0.15) is 0 Å². The first-order valence-electron chi connectivity index (χ1n) is 7.50. The first-order valence-corrected chi connectivity index (χ1v) is 8.25. The topological polar surface area (TPSA) is 20.3 Å². The van der Waals surface area contributed by atoms with Gasteiger partial charge in [0, 0.05) is 23.9 Å². The summed E-state index contributed by atoms with van der Waals surface area (Å²) in [6, 6.07) is 10.0. The van der Waals surface area contributed by atoms with Crippen molar-refractivity contribution in [3.63, 3.8) is 0 Å². The van der Waals surface area contributed by atoms with Crippen LogP contribution in [0.25, 0.3) is 0 Å². The van der Waals surface area contributed by atoms with E-state index in [1.54, 1.807) is 0 Å². The highest BCUT2D eigenvalue weighted by molar-refractivity contribution is 6.37. The molecule has 116 valence electrons. The molecule has 1 aliphatic rings. The number of nitrogens with zero attached hydrogens (tertiary/aromatic N) is 1. The molecule has 0 unspecified atom stereocenters. The lowest BCUT2D eigenvalue weighted by molar-refractivity contribution is -0.130. The van der Waals surface area contributed by atoms with E-state index >= 15 is 0 Å². The van der Waals surface area contributed by atoms with E-state index in [0.29, 0.717) is 19.5 Å². The molecular weight excluding hydrogens is 305 g/mol. The maximum Gasteiger partial charge on any atom is 0.244 e. The molecule has 0 aromatic heterocycles. The van der Waals surface area contributed by atoms with Crippen LogP contribution in [0, 0.1) is 5.92 Å². The first-order chi connectivity index (χ1) is 9.79. The second kappa shape index (κ2) is 6.18. The van der Waals surface area contributed by atoms with Gasteiger partial charge in [-0.3, -0.25) is 4.79 Å². The summed E-state index contributed by atoms with van der Waals surface area (Å²) >= 11 is 13.3. The van der Waals surface area contributed by atoms with Gasteiger partial charge in [0.2, 0.25) is 5.91 Å². The van der Waals surface area contributed by atoms with E-state index in [0.717, 1.165) is 12.0 Å². The Hall–Kier alpha value is -0.730. The van der Waals surface area contributed by atoms with Crippen LogP contribution < -0.4 is 0 Å². The second-order valence-electron chi connectivity index (χ2n) is 6.40. The molecule has 2 rings (SSSR count). The Morgan fingerprint density at radius 1 is 1.33 bits per heavy atom. The van der Waals surface area contributed by atoms with E-state index < -0.39 is 9.75 Å². The molecule has 0 saturated carbocycles. The number of rotatable bonds is 5. The Balaban J connectivity index is 2.25. The van der Waals surface area contributed by atoms with Crippen LogP contribution >= 0.6 is 23.2 Å². The summed E-state index contributed by atoms with van der Waals surface area (Å²) < 4.78 is 0. The smallest absolute Gasteiger partial charge is 0.244 e. The highest BCUT2D eigenvalue weighted by atomic mass is 35.5. The van der Waals surface area contributed by atoms with Crippen molar-refractivity contribution in [2.45, 2.75) is 49.9 Å². The summed E-state index contributed by atoms with van der Waals surface area (Å²) in [6.07, 6.45) is 1.54. The van der Waals surface area contributed by atoms with Crippen LogP contribution in [-0.2, 0) is 11.3 Å². The number of likely N-dealkylation sites (tertiary alicyclic amines) is 1. The molecule has 1 aromatic carbocycles. The van der Waals surface area contributed by atoms with E-state index in [1.807, 2.05) is 49.1 Å². The molecule has 2 nitrogen and oxygen atoms in total. The predicted molar refractivity (Wildman–Crippen MR) is 88.8 cm³/mol. The molecule has 0 spiro atoms. The minimum Gasteiger partial charge on any atom is -0.336 e. The molecule has 0 bridgehead atoms. The SMILES string of the molecule is CCC[C@]1(Cl)C(=O)N(Cc2ccccc2)C[C@@H]1C(C)(C)Cl. The summed E-state index contributed by atoms with van der Waals surface area (Å²) in [5.74, 6) is -0.0295. The molecule has 1 fully saturated rings. The Morgan fingerprint density at radius 3 is 2.48 bits per heavy atom. The molecule has 1 heterocycles. The van der Waals surface area contributed by atoms with Gasteiger partial charge in [-0.1, -0.05) is 43.7 Å². The summed E-state index contributed by atoms with van der Waals surface area (Å²) in [4.78, 5) is 13.3. The normalized spacial score (nSPS) is 26.4. The van der Waals surface area contributed by atoms with Crippen LogP contribution in [0.1, 0.15) is 39.2 Å². The van der Waals surface area contributed by atoms with Crippen LogP contribution in [0.5, 0.6) is 0 Å². The van der Waals surface area contributed by atoms with Gasteiger partial charge in [-0.05, 0) is 25.8 Å². The number of benzene rings is 1. The van der Waals surface area contributed by atoms with Crippen molar-refractivity contribution in [2.75, 3.05) is 6.54 Å². The molecule has 0 N–H and O–H groups in total. The fourth-order valence-corrected chi connectivity index (χ4v) is 4.17. The number of hydrogen-bond acceptors (Lipinski definition) is 1. The molecule has 1 amide bonds. The van der Waals surface area contributed by atoms with Crippen LogP contribution in [-0.4, -0.2) is 27.1 Å². The number of alkyl halides is 2. The standard InChI is InChI=1S/C17H23Cl2NO/c1-4-10-17(19)14(16(2,3)18)12-20(15(17)21)11-13-8-6-5-7-9-13/h5-9,14H,4,10-12H2,1-3H3/t14-,17-/m1/s1. The fourth-order valence-electron chi connectivity index (χ4n) is 3.21. The predicted octanol–water partition coefficient (Wildman–Crippen LogP) is 4.44. The molecule has 2 atom stereocenters. The van der Waals surface area contributed by atoms with Crippen LogP contribution in [0.3, 0.4) is 0 Å². The van der Waals surface area contributed by atoms with Gasteiger partial charge in [0.05, 0.1) is 0 Å². The maximum absolute atomic E-state index is 12.8. The Morgan fingerprint density at radius 2 is 1.95 bits per heavy atom. The van der Waals surface area contributed by atoms with Gasteiger partial charge in [0.15, 0.2) is 0 Å². The van der Waals surface area contributed by atoms with Crippen molar-refractivity contribution < 1.29 is 4.79 Å². The third-order valence-corrected chi connectivity index (χ3v) is 5.13. The summed E-state index contributed by atoms with van der Waals surface area (Å²) in [5, 5.41) is 0. The summed E-state index contributed by atoms with van der Waals surface area (Å²) in [5.41, 5.74) is 1.12. The fraction of sp³-hybridized carbons (Fsp3) is 0.588. The Labute approximate surface area is 137 Å². The van der Waals surface area contributed by atoms with Gasteiger partial charge in [-0.25, -0.2) is 0 Å². The number of halogens is 2. The van der Waals surface area contributed by atoms with E-state index in [2.05, 4.69) is 6.92 Å². The highest BCUT2D eigenvalue weighted by Crippen LogP contribution is 2.47. The molecule has 0 radical (unpaired) electrons. The average Bonchev–Trinajstić information content (AvgIpc) is 2.65. The van der Waals surface area contributed by atoms with Crippen molar-refractivity contribution >= 4 is 29.1 Å². The monoisotopic (exact) mass is 327 g/mol. The van der Waals surface area contributed by atoms with E-state index in [-0.39, 0.29) is 11.8 Å². The molecule has 1 saturated heterocycles. The van der Waals surface area contributed by atoms with Gasteiger partial charge < -0.3 is 4.90 Å². The van der Waals surface area contributed by atoms with E-state index in [4.69, 9.17) is 23.2 Å². The van der Waals surface area contributed by atoms with Crippen LogP contribution in [0.2, 0.25) is 0 Å². The zero-order valence-electron chi connectivity index (χ0n) is 12.9. The van der Waals surface area contributed by atoms with Crippen LogP contribution in [0.15, 0.2) is 30.3 Å². The van der Waals surface area contributed by atoms with Crippen molar-refractivity contribution in [1.29, 1.82) is 0 Å². The average molecular weight is 328 g/mol. The highest BCUT2D eigenvalue weighted by Gasteiger charge is 2.56. The quantitative estimate of drug-likeness (QED) is 0.732. The lowest BCUT2D eigenvalue weighted by atomic mass is 9.82.